The van der Waals surface area contributed by atoms with Crippen molar-refractivity contribution in [3.05, 3.63) is 64.1 Å². The Labute approximate surface area is 145 Å². The zero-order valence-corrected chi connectivity index (χ0v) is 14.0. The molecule has 24 heavy (non-hydrogen) atoms. The monoisotopic (exact) mass is 388 g/mol. The van der Waals surface area contributed by atoms with Gasteiger partial charge in [0.2, 0.25) is 0 Å². The summed E-state index contributed by atoms with van der Waals surface area (Å²) in [6.07, 6.45) is -0.730. The fourth-order valence-corrected chi connectivity index (χ4v) is 2.71. The van der Waals surface area contributed by atoms with E-state index in [9.17, 15) is 14.7 Å². The second-order valence-corrected chi connectivity index (χ2v) is 5.97. The lowest BCUT2D eigenvalue weighted by Crippen LogP contribution is -2.15. The number of aromatic nitrogens is 1. The van der Waals surface area contributed by atoms with Crippen molar-refractivity contribution < 1.29 is 19.4 Å². The van der Waals surface area contributed by atoms with Gasteiger partial charge in [-0.15, -0.1) is 0 Å². The molecule has 1 amide bonds. The molecular weight excluding hydrogens is 376 g/mol. The van der Waals surface area contributed by atoms with E-state index in [2.05, 4.69) is 26.2 Å². The number of hydrogen-bond acceptors (Lipinski definition) is 3. The van der Waals surface area contributed by atoms with Crippen LogP contribution in [0.4, 0.5) is 10.6 Å². The van der Waals surface area contributed by atoms with Crippen LogP contribution in [0.3, 0.4) is 0 Å². The molecule has 0 spiro atoms. The van der Waals surface area contributed by atoms with E-state index in [0.29, 0.717) is 10.9 Å². The average Bonchev–Trinajstić information content (AvgIpc) is 2.90. The number of amides is 1. The zero-order chi connectivity index (χ0) is 17.1. The molecule has 0 unspecified atom stereocenters. The Morgan fingerprint density at radius 3 is 2.62 bits per heavy atom. The lowest BCUT2D eigenvalue weighted by atomic mass is 10.1. The topological polar surface area (TPSA) is 91.4 Å². The van der Waals surface area contributed by atoms with Crippen LogP contribution < -0.4 is 5.32 Å². The van der Waals surface area contributed by atoms with E-state index in [1.54, 1.807) is 18.2 Å². The number of halogens is 1. The van der Waals surface area contributed by atoms with E-state index < -0.39 is 12.1 Å². The van der Waals surface area contributed by atoms with Crippen LogP contribution in [0.1, 0.15) is 15.9 Å². The van der Waals surface area contributed by atoms with Crippen molar-refractivity contribution in [3.63, 3.8) is 0 Å². The molecule has 0 aliphatic heterocycles. The van der Waals surface area contributed by atoms with E-state index in [4.69, 9.17) is 4.74 Å². The van der Waals surface area contributed by atoms with Gasteiger partial charge in [0.05, 0.1) is 0 Å². The summed E-state index contributed by atoms with van der Waals surface area (Å²) in [5.74, 6) is -1.05. The molecule has 7 heteroatoms. The summed E-state index contributed by atoms with van der Waals surface area (Å²) in [5, 5.41) is 12.4. The highest BCUT2D eigenvalue weighted by atomic mass is 79.9. The van der Waals surface area contributed by atoms with Crippen LogP contribution in [0, 0.1) is 0 Å². The molecule has 122 valence electrons. The zero-order valence-electron chi connectivity index (χ0n) is 12.4. The number of ether oxygens (including phenoxy) is 1. The van der Waals surface area contributed by atoms with Gasteiger partial charge in [0.1, 0.15) is 18.0 Å². The number of carbonyl (C=O) groups is 2. The third-order valence-corrected chi connectivity index (χ3v) is 3.91. The van der Waals surface area contributed by atoms with Crippen molar-refractivity contribution in [2.75, 3.05) is 5.32 Å². The predicted molar refractivity (Wildman–Crippen MR) is 93.2 cm³/mol. The number of anilines is 1. The van der Waals surface area contributed by atoms with Crippen LogP contribution >= 0.6 is 15.9 Å². The van der Waals surface area contributed by atoms with E-state index in [-0.39, 0.29) is 18.0 Å². The Hall–Kier alpha value is -2.80. The van der Waals surface area contributed by atoms with Crippen molar-refractivity contribution in [3.8, 4) is 0 Å². The molecule has 6 nitrogen and oxygen atoms in total. The van der Waals surface area contributed by atoms with Gasteiger partial charge >= 0.3 is 12.1 Å². The number of hydrogen-bond donors (Lipinski definition) is 3. The molecule has 1 heterocycles. The van der Waals surface area contributed by atoms with Gasteiger partial charge in [-0.1, -0.05) is 52.3 Å². The molecule has 0 radical (unpaired) electrons. The quantitative estimate of drug-likeness (QED) is 0.618. The highest BCUT2D eigenvalue weighted by Crippen LogP contribution is 2.28. The van der Waals surface area contributed by atoms with Crippen LogP contribution in [-0.4, -0.2) is 22.2 Å². The molecule has 0 fully saturated rings. The Morgan fingerprint density at radius 2 is 1.92 bits per heavy atom. The van der Waals surface area contributed by atoms with Gasteiger partial charge in [0.25, 0.3) is 0 Å². The maximum Gasteiger partial charge on any atom is 0.413 e. The summed E-state index contributed by atoms with van der Waals surface area (Å²) < 4.78 is 5.91. The second kappa shape index (κ2) is 6.76. The summed E-state index contributed by atoms with van der Waals surface area (Å²) in [4.78, 5) is 26.4. The minimum Gasteiger partial charge on any atom is -0.478 e. The number of benzene rings is 2. The molecule has 3 N–H and O–H groups in total. The largest absolute Gasteiger partial charge is 0.478 e. The maximum absolute atomic E-state index is 11.9. The summed E-state index contributed by atoms with van der Waals surface area (Å²) in [6, 6.07) is 14.4. The average molecular weight is 389 g/mol. The number of carboxylic acids is 1. The van der Waals surface area contributed by atoms with Crippen LogP contribution in [0.15, 0.2) is 53.0 Å². The number of carbonyl (C=O) groups excluding carboxylic acids is 1. The van der Waals surface area contributed by atoms with Crippen LogP contribution in [-0.2, 0) is 11.3 Å². The molecule has 2 aromatic carbocycles. The first-order chi connectivity index (χ1) is 11.5. The van der Waals surface area contributed by atoms with Gasteiger partial charge in [-0.25, -0.2) is 9.59 Å². The van der Waals surface area contributed by atoms with E-state index in [1.807, 2.05) is 30.3 Å². The van der Waals surface area contributed by atoms with Crippen LogP contribution in [0.5, 0.6) is 0 Å². The fourth-order valence-electron chi connectivity index (χ4n) is 2.35. The molecule has 0 aliphatic carbocycles. The Kier molecular flexibility index (Phi) is 4.52. The SMILES string of the molecule is O=C(Nc1[nH]c2cc(Br)ccc2c1C(=O)O)OCc1ccccc1. The lowest BCUT2D eigenvalue weighted by molar-refractivity contribution is 0.0700. The number of H-pyrrole nitrogens is 1. The molecule has 1 aromatic heterocycles. The molecule has 0 atom stereocenters. The highest BCUT2D eigenvalue weighted by Gasteiger charge is 2.20. The number of fused-ring (bicyclic) bond motifs is 1. The molecule has 3 rings (SSSR count). The number of nitrogens with one attached hydrogen (secondary N) is 2. The molecule has 3 aromatic rings. The summed E-state index contributed by atoms with van der Waals surface area (Å²) >= 11 is 3.33. The number of carboxylic acid groups (broad SMARTS) is 1. The van der Waals surface area contributed by atoms with Crippen molar-refractivity contribution in [1.29, 1.82) is 0 Å². The van der Waals surface area contributed by atoms with E-state index in [0.717, 1.165) is 10.0 Å². The van der Waals surface area contributed by atoms with E-state index >= 15 is 0 Å². The summed E-state index contributed by atoms with van der Waals surface area (Å²) in [7, 11) is 0. The van der Waals surface area contributed by atoms with Gasteiger partial charge < -0.3 is 14.8 Å². The van der Waals surface area contributed by atoms with Gasteiger partial charge in [0.15, 0.2) is 0 Å². The van der Waals surface area contributed by atoms with Gasteiger partial charge in [-0.2, -0.15) is 0 Å². The summed E-state index contributed by atoms with van der Waals surface area (Å²) in [5.41, 5.74) is 1.43. The smallest absolute Gasteiger partial charge is 0.413 e. The Morgan fingerprint density at radius 1 is 1.17 bits per heavy atom. The number of aromatic amines is 1. The third kappa shape index (κ3) is 3.41. The minimum absolute atomic E-state index is 0.00541. The first-order valence-corrected chi connectivity index (χ1v) is 7.86. The van der Waals surface area contributed by atoms with Crippen molar-refractivity contribution in [2.24, 2.45) is 0 Å². The molecule has 0 bridgehead atoms. The highest BCUT2D eigenvalue weighted by molar-refractivity contribution is 9.10. The molecule has 0 aliphatic rings. The van der Waals surface area contributed by atoms with Crippen molar-refractivity contribution in [1.82, 2.24) is 4.98 Å². The Balaban J connectivity index is 1.80. The first-order valence-electron chi connectivity index (χ1n) is 7.07. The van der Waals surface area contributed by atoms with Crippen LogP contribution in [0.2, 0.25) is 0 Å². The fraction of sp³-hybridized carbons (Fsp3) is 0.0588. The normalized spacial score (nSPS) is 10.5. The number of aromatic carboxylic acids is 1. The number of rotatable bonds is 4. The lowest BCUT2D eigenvalue weighted by Gasteiger charge is -2.06. The van der Waals surface area contributed by atoms with E-state index in [1.165, 1.54) is 0 Å². The standard InChI is InChI=1S/C17H13BrN2O4/c18-11-6-7-12-13(8-11)19-15(14(12)16(21)22)20-17(23)24-9-10-4-2-1-3-5-10/h1-8,19H,9H2,(H,20,23)(H,21,22). The molecular formula is C17H13BrN2O4. The molecule has 0 saturated heterocycles. The van der Waals surface area contributed by atoms with Gasteiger partial charge in [-0.05, 0) is 17.7 Å². The molecule has 0 saturated carbocycles. The van der Waals surface area contributed by atoms with Gasteiger partial charge in [-0.3, -0.25) is 5.32 Å². The van der Waals surface area contributed by atoms with Crippen molar-refractivity contribution in [2.45, 2.75) is 6.61 Å². The first kappa shape index (κ1) is 16.1. The second-order valence-electron chi connectivity index (χ2n) is 5.06. The maximum atomic E-state index is 11.9. The van der Waals surface area contributed by atoms with Crippen LogP contribution in [0.25, 0.3) is 10.9 Å². The van der Waals surface area contributed by atoms with Crippen molar-refractivity contribution >= 4 is 44.7 Å². The Bertz CT molecular complexity index is 906. The minimum atomic E-state index is -1.14. The van der Waals surface area contributed by atoms with Gasteiger partial charge in [0, 0.05) is 15.4 Å². The predicted octanol–water partition coefficient (Wildman–Crippen LogP) is 4.38. The summed E-state index contributed by atoms with van der Waals surface area (Å²) in [6.45, 7) is 0.0981. The third-order valence-electron chi connectivity index (χ3n) is 3.41.